The zero-order chi connectivity index (χ0) is 19.4. The van der Waals surface area contributed by atoms with Crippen LogP contribution in [0.15, 0.2) is 35.5 Å². The van der Waals surface area contributed by atoms with Gasteiger partial charge in [-0.3, -0.25) is 0 Å². The normalized spacial score (nSPS) is 40.3. The molecule has 0 bridgehead atoms. The summed E-state index contributed by atoms with van der Waals surface area (Å²) in [6, 6.07) is 0. The van der Waals surface area contributed by atoms with E-state index in [1.807, 2.05) is 0 Å². The van der Waals surface area contributed by atoms with Gasteiger partial charge in [-0.1, -0.05) is 93.9 Å². The summed E-state index contributed by atoms with van der Waals surface area (Å²) in [5.41, 5.74) is 3.78. The van der Waals surface area contributed by atoms with Crippen LogP contribution < -0.4 is 0 Å². The Balaban J connectivity index is 1.73. The van der Waals surface area contributed by atoms with Gasteiger partial charge in [0, 0.05) is 3.92 Å². The molecule has 0 nitrogen and oxygen atoms in total. The minimum absolute atomic E-state index is 0.497. The van der Waals surface area contributed by atoms with Gasteiger partial charge in [0.1, 0.15) is 0 Å². The van der Waals surface area contributed by atoms with Crippen molar-refractivity contribution in [2.75, 3.05) is 0 Å². The fraction of sp³-hybridized carbons (Fsp3) is 0.769. The van der Waals surface area contributed by atoms with Crippen LogP contribution in [0.1, 0.15) is 91.9 Å². The van der Waals surface area contributed by atoms with Gasteiger partial charge in [0.2, 0.25) is 0 Å². The molecule has 0 aromatic carbocycles. The molecule has 27 heavy (non-hydrogen) atoms. The highest BCUT2D eigenvalue weighted by molar-refractivity contribution is 14.1. The van der Waals surface area contributed by atoms with E-state index in [2.05, 4.69) is 74.6 Å². The second-order valence-corrected chi connectivity index (χ2v) is 12.0. The number of rotatable bonds is 5. The summed E-state index contributed by atoms with van der Waals surface area (Å²) in [6.07, 6.45) is 23.8. The van der Waals surface area contributed by atoms with E-state index >= 15 is 0 Å². The highest BCUT2D eigenvalue weighted by Crippen LogP contribution is 2.55. The number of alkyl halides is 1. The summed E-state index contributed by atoms with van der Waals surface area (Å²) in [6.45, 7) is 9.92. The predicted molar refractivity (Wildman–Crippen MR) is 128 cm³/mol. The van der Waals surface area contributed by atoms with Crippen molar-refractivity contribution in [3.8, 4) is 0 Å². The Morgan fingerprint density at radius 2 is 1.93 bits per heavy atom. The first-order valence-corrected chi connectivity index (χ1v) is 12.9. The van der Waals surface area contributed by atoms with Crippen molar-refractivity contribution in [3.63, 3.8) is 0 Å². The molecule has 5 unspecified atom stereocenters. The fourth-order valence-corrected chi connectivity index (χ4v) is 6.97. The second-order valence-electron chi connectivity index (χ2n) is 10.3. The van der Waals surface area contributed by atoms with Crippen molar-refractivity contribution in [2.24, 2.45) is 29.1 Å². The van der Waals surface area contributed by atoms with Gasteiger partial charge in [0.25, 0.3) is 0 Å². The Bertz CT molecular complexity index is 581. The lowest BCUT2D eigenvalue weighted by atomic mass is 9.65. The van der Waals surface area contributed by atoms with Gasteiger partial charge < -0.3 is 0 Å². The second kappa shape index (κ2) is 9.63. The smallest absolute Gasteiger partial charge is 0.0153 e. The Labute approximate surface area is 182 Å². The molecule has 2 saturated carbocycles. The van der Waals surface area contributed by atoms with Gasteiger partial charge in [-0.15, -0.1) is 0 Å². The maximum Gasteiger partial charge on any atom is 0.0153 e. The van der Waals surface area contributed by atoms with Gasteiger partial charge in [0.05, 0.1) is 0 Å². The zero-order valence-corrected chi connectivity index (χ0v) is 20.3. The Kier molecular flexibility index (Phi) is 7.73. The summed E-state index contributed by atoms with van der Waals surface area (Å²) in [5.74, 6) is 3.42. The summed E-state index contributed by atoms with van der Waals surface area (Å²) in [5, 5.41) is 0. The van der Waals surface area contributed by atoms with Gasteiger partial charge in [-0.2, -0.15) is 0 Å². The highest BCUT2D eigenvalue weighted by Gasteiger charge is 2.46. The lowest BCUT2D eigenvalue weighted by Crippen LogP contribution is -2.32. The van der Waals surface area contributed by atoms with E-state index in [-0.39, 0.29) is 0 Å². The monoisotopic (exact) mass is 480 g/mol. The molecule has 0 heterocycles. The van der Waals surface area contributed by atoms with Crippen molar-refractivity contribution in [1.82, 2.24) is 0 Å². The Morgan fingerprint density at radius 3 is 2.70 bits per heavy atom. The first-order valence-electron chi connectivity index (χ1n) is 11.6. The first-order chi connectivity index (χ1) is 12.9. The molecule has 0 aromatic heterocycles. The van der Waals surface area contributed by atoms with Crippen LogP contribution in [0.2, 0.25) is 0 Å². The van der Waals surface area contributed by atoms with Crippen LogP contribution in [0.4, 0.5) is 0 Å². The van der Waals surface area contributed by atoms with Crippen LogP contribution in [-0.4, -0.2) is 3.92 Å². The third kappa shape index (κ3) is 5.31. The van der Waals surface area contributed by atoms with Gasteiger partial charge in [0.15, 0.2) is 0 Å². The summed E-state index contributed by atoms with van der Waals surface area (Å²) in [4.78, 5) is 0. The fourth-order valence-electron chi connectivity index (χ4n) is 6.18. The predicted octanol–water partition coefficient (Wildman–Crippen LogP) is 8.67. The summed E-state index contributed by atoms with van der Waals surface area (Å²) >= 11 is 2.64. The molecule has 0 aromatic rings. The molecular weight excluding hydrogens is 439 g/mol. The Hall–Kier alpha value is -0.0500. The van der Waals surface area contributed by atoms with Crippen LogP contribution >= 0.6 is 22.6 Å². The molecule has 0 amide bonds. The third-order valence-corrected chi connectivity index (χ3v) is 8.97. The Morgan fingerprint density at radius 1 is 1.11 bits per heavy atom. The molecule has 3 aliphatic rings. The van der Waals surface area contributed by atoms with Crippen molar-refractivity contribution in [3.05, 3.63) is 35.5 Å². The molecule has 0 N–H and O–H groups in total. The standard InChI is InChI=1S/C26H41I/c1-19(2)8-5-9-20(3)25-16-14-23-12-6-10-22-18-24(27)15-13-21(22)11-7-17-26(23,25)4/h6,10-12,19-20,23-25H,5,7-9,13-18H2,1-4H3/b12-6+,21-11+,22-10-. The van der Waals surface area contributed by atoms with E-state index in [1.54, 1.807) is 11.1 Å². The number of hydrogen-bond donors (Lipinski definition) is 0. The molecule has 0 spiro atoms. The maximum absolute atomic E-state index is 2.64. The molecule has 1 heteroatoms. The van der Waals surface area contributed by atoms with Gasteiger partial charge in [-0.05, 0) is 85.2 Å². The zero-order valence-electron chi connectivity index (χ0n) is 18.1. The van der Waals surface area contributed by atoms with Gasteiger partial charge >= 0.3 is 0 Å². The molecule has 0 aliphatic heterocycles. The van der Waals surface area contributed by atoms with E-state index in [9.17, 15) is 0 Å². The number of fused-ring (bicyclic) bond motifs is 2. The quantitative estimate of drug-likeness (QED) is 0.273. The average molecular weight is 481 g/mol. The van der Waals surface area contributed by atoms with Crippen LogP contribution in [0.25, 0.3) is 0 Å². The average Bonchev–Trinajstić information content (AvgIpc) is 2.93. The van der Waals surface area contributed by atoms with Crippen LogP contribution in [0.5, 0.6) is 0 Å². The molecule has 152 valence electrons. The minimum atomic E-state index is 0.497. The molecule has 3 aliphatic carbocycles. The minimum Gasteiger partial charge on any atom is -0.0822 e. The summed E-state index contributed by atoms with van der Waals surface area (Å²) in [7, 11) is 0. The van der Waals surface area contributed by atoms with Crippen LogP contribution in [0.3, 0.4) is 0 Å². The highest BCUT2D eigenvalue weighted by atomic mass is 127. The third-order valence-electron chi connectivity index (χ3n) is 7.91. The summed E-state index contributed by atoms with van der Waals surface area (Å²) < 4.78 is 0.829. The lowest BCUT2D eigenvalue weighted by molar-refractivity contribution is 0.117. The van der Waals surface area contributed by atoms with Crippen molar-refractivity contribution in [2.45, 2.75) is 95.8 Å². The number of hydrogen-bond acceptors (Lipinski definition) is 0. The van der Waals surface area contributed by atoms with Gasteiger partial charge in [-0.25, -0.2) is 0 Å². The van der Waals surface area contributed by atoms with Crippen LogP contribution in [0, 0.1) is 29.1 Å². The van der Waals surface area contributed by atoms with Crippen molar-refractivity contribution < 1.29 is 0 Å². The molecule has 0 saturated heterocycles. The van der Waals surface area contributed by atoms with E-state index in [0.717, 1.165) is 27.6 Å². The SMILES string of the molecule is CC(C)CCCC(C)C1CCC2/C=C/C=C3/CC(I)CC/C3=C\CCC21C. The van der Waals surface area contributed by atoms with Crippen molar-refractivity contribution in [1.29, 1.82) is 0 Å². The lowest BCUT2D eigenvalue weighted by Gasteiger charge is -2.40. The molecule has 3 rings (SSSR count). The molecular formula is C26H41I. The van der Waals surface area contributed by atoms with E-state index < -0.39 is 0 Å². The topological polar surface area (TPSA) is 0 Å². The number of halogens is 1. The largest absolute Gasteiger partial charge is 0.0822 e. The van der Waals surface area contributed by atoms with E-state index in [4.69, 9.17) is 0 Å². The maximum atomic E-state index is 2.64. The van der Waals surface area contributed by atoms with E-state index in [0.29, 0.717) is 5.41 Å². The molecule has 0 radical (unpaired) electrons. The van der Waals surface area contributed by atoms with E-state index in [1.165, 1.54) is 64.2 Å². The van der Waals surface area contributed by atoms with Crippen LogP contribution in [-0.2, 0) is 0 Å². The molecule has 2 fully saturated rings. The van der Waals surface area contributed by atoms with Crippen molar-refractivity contribution >= 4 is 22.6 Å². The molecule has 5 atom stereocenters. The number of allylic oxidation sites excluding steroid dienone is 6. The first kappa shape index (κ1) is 21.7.